The van der Waals surface area contributed by atoms with Gasteiger partial charge in [-0.15, -0.1) is 0 Å². The molecule has 19 aromatic carbocycles. The van der Waals surface area contributed by atoms with Gasteiger partial charge in [0.05, 0.1) is 102 Å². The van der Waals surface area contributed by atoms with Crippen LogP contribution in [0.15, 0.2) is 553 Å². The normalized spacial score (nSPS) is 12.7. The second kappa shape index (κ2) is 45.9. The van der Waals surface area contributed by atoms with Crippen molar-refractivity contribution >= 4 is 104 Å². The van der Waals surface area contributed by atoms with Gasteiger partial charge in [0.15, 0.2) is 0 Å². The van der Waals surface area contributed by atoms with Gasteiger partial charge in [0, 0.05) is 16.2 Å². The van der Waals surface area contributed by atoms with Crippen molar-refractivity contribution in [3.63, 3.8) is 0 Å². The van der Waals surface area contributed by atoms with Crippen LogP contribution in [0, 0.1) is 0 Å². The molecule has 19 rings (SSSR count). The van der Waals surface area contributed by atoms with Crippen LogP contribution in [0.2, 0.25) is 0 Å². The minimum absolute atomic E-state index is 0.216. The predicted octanol–water partition coefficient (Wildman–Crippen LogP) is 33.6. The number of rotatable bonds is 33. The maximum absolute atomic E-state index is 14.4. The van der Waals surface area contributed by atoms with Crippen LogP contribution in [0.5, 0.6) is 34.5 Å². The van der Waals surface area contributed by atoms with Crippen molar-refractivity contribution < 1.29 is 57.2 Å². The number of carbonyl (C=O) groups excluding carboxylic acids is 6. The molecule has 0 aromatic heterocycles. The maximum Gasteiger partial charge on any atom is 0.343 e. The molecular formula is C126H90N12O12. The molecule has 0 aliphatic rings. The number of ether oxygens (including phenoxy) is 6. The molecule has 0 saturated heterocycles. The highest BCUT2D eigenvalue weighted by molar-refractivity contribution is 5.95. The SMILES string of the molecule is CC(c1ccc(OC(=O)c2ccc(N=Nc3ccccc3)cc2)cc1)(c1ccc(OC(=O)c2ccc(N=Nc3ccccc3)cc2)cc1)c1cc(C(C)(c2ccc(OC(=O)c3ccc(N=Nc4ccccc4)cc3)cc2)c2ccc(OC(=O)c3ccc(N=Nc4ccccc4)cc3)cc2)cc(C(C)(c2ccc(OC(=O)c3ccc(N=Nc4ccccc4)cc3)cc2)c2ccc(OC(=O)c3ccc(N=Nc4ccccc4)cc3)cc2)c1. The van der Waals surface area contributed by atoms with Crippen molar-refractivity contribution in [1.29, 1.82) is 0 Å². The fourth-order valence-corrected chi connectivity index (χ4v) is 16.8. The van der Waals surface area contributed by atoms with E-state index >= 15 is 0 Å². The van der Waals surface area contributed by atoms with Crippen LogP contribution in [-0.2, 0) is 16.2 Å². The first-order valence-corrected chi connectivity index (χ1v) is 47.9. The third kappa shape index (κ3) is 24.1. The van der Waals surface area contributed by atoms with E-state index in [9.17, 15) is 28.8 Å². The van der Waals surface area contributed by atoms with Gasteiger partial charge in [-0.2, -0.15) is 61.4 Å². The quantitative estimate of drug-likeness (QED) is 0.0160. The van der Waals surface area contributed by atoms with Gasteiger partial charge < -0.3 is 28.4 Å². The summed E-state index contributed by atoms with van der Waals surface area (Å²) in [5.74, 6) is -2.53. The maximum atomic E-state index is 14.4. The van der Waals surface area contributed by atoms with Gasteiger partial charge in [0.2, 0.25) is 0 Å². The summed E-state index contributed by atoms with van der Waals surface area (Å²) in [4.78, 5) is 86.2. The monoisotopic (exact) mass is 1960 g/mol. The molecule has 0 radical (unpaired) electrons. The van der Waals surface area contributed by atoms with E-state index in [1.165, 1.54) is 0 Å². The molecule has 726 valence electrons. The van der Waals surface area contributed by atoms with Crippen LogP contribution in [0.25, 0.3) is 0 Å². The van der Waals surface area contributed by atoms with Crippen LogP contribution < -0.4 is 28.4 Å². The van der Waals surface area contributed by atoms with Gasteiger partial charge in [-0.25, -0.2) is 28.8 Å². The van der Waals surface area contributed by atoms with Crippen molar-refractivity contribution in [1.82, 2.24) is 0 Å². The molecule has 0 atom stereocenters. The number of hydrogen-bond donors (Lipinski definition) is 0. The van der Waals surface area contributed by atoms with E-state index in [-0.39, 0.29) is 67.9 Å². The summed E-state index contributed by atoms with van der Waals surface area (Å²) < 4.78 is 37.3. The van der Waals surface area contributed by atoms with E-state index in [0.717, 1.165) is 0 Å². The highest BCUT2D eigenvalue weighted by Crippen LogP contribution is 2.51. The molecule has 0 spiro atoms. The summed E-state index contributed by atoms with van der Waals surface area (Å²) in [5.41, 5.74) is 10.8. The van der Waals surface area contributed by atoms with E-state index in [0.29, 0.717) is 118 Å². The van der Waals surface area contributed by atoms with Gasteiger partial charge in [-0.05, 0) is 362 Å². The molecule has 0 unspecified atom stereocenters. The first-order chi connectivity index (χ1) is 73.3. The van der Waals surface area contributed by atoms with Crippen LogP contribution in [-0.4, -0.2) is 35.8 Å². The molecule has 0 saturated carbocycles. The fourth-order valence-electron chi connectivity index (χ4n) is 16.8. The lowest BCUT2D eigenvalue weighted by Crippen LogP contribution is -2.32. The van der Waals surface area contributed by atoms with E-state index in [1.807, 2.05) is 255 Å². The second-order valence-corrected chi connectivity index (χ2v) is 35.2. The lowest BCUT2D eigenvalue weighted by molar-refractivity contribution is 0.0725. The summed E-state index contributed by atoms with van der Waals surface area (Å²) in [6, 6.07) is 145. The van der Waals surface area contributed by atoms with E-state index < -0.39 is 52.1 Å². The first-order valence-electron chi connectivity index (χ1n) is 47.9. The summed E-state index contributed by atoms with van der Waals surface area (Å²) in [5, 5.41) is 52.4. The largest absolute Gasteiger partial charge is 0.423 e. The van der Waals surface area contributed by atoms with Crippen molar-refractivity contribution in [3.8, 4) is 34.5 Å². The van der Waals surface area contributed by atoms with Crippen molar-refractivity contribution in [2.24, 2.45) is 61.4 Å². The van der Waals surface area contributed by atoms with E-state index in [1.54, 1.807) is 218 Å². The van der Waals surface area contributed by atoms with Gasteiger partial charge in [-0.3, -0.25) is 0 Å². The van der Waals surface area contributed by atoms with Crippen molar-refractivity contribution in [2.45, 2.75) is 37.0 Å². The Morgan fingerprint density at radius 3 is 0.373 bits per heavy atom. The third-order valence-electron chi connectivity index (χ3n) is 25.4. The summed E-state index contributed by atoms with van der Waals surface area (Å²) in [7, 11) is 0. The molecule has 0 fully saturated rings. The smallest absolute Gasteiger partial charge is 0.343 e. The zero-order valence-electron chi connectivity index (χ0n) is 81.0. The molecule has 24 nitrogen and oxygen atoms in total. The molecule has 0 heterocycles. The average Bonchev–Trinajstić information content (AvgIpc) is 0.719. The van der Waals surface area contributed by atoms with E-state index in [4.69, 9.17) is 28.4 Å². The molecular weight excluding hydrogens is 1870 g/mol. The fraction of sp³-hybridized carbons (Fsp3) is 0.0476. The zero-order valence-corrected chi connectivity index (χ0v) is 81.0. The predicted molar refractivity (Wildman–Crippen MR) is 574 cm³/mol. The first kappa shape index (κ1) is 98.4. The molecule has 0 aliphatic carbocycles. The average molecular weight is 1960 g/mol. The summed E-state index contributed by atoms with van der Waals surface area (Å²) in [6.07, 6.45) is 0. The molecule has 0 amide bonds. The number of hydrogen-bond acceptors (Lipinski definition) is 24. The minimum Gasteiger partial charge on any atom is -0.423 e. The number of esters is 6. The lowest BCUT2D eigenvalue weighted by atomic mass is 9.63. The Kier molecular flexibility index (Phi) is 30.1. The van der Waals surface area contributed by atoms with Crippen molar-refractivity contribution in [3.05, 3.63) is 575 Å². The Hall–Kier alpha value is -20.4. The Balaban J connectivity index is 0.757. The highest BCUT2D eigenvalue weighted by Gasteiger charge is 2.41. The molecule has 19 aromatic rings. The topological polar surface area (TPSA) is 306 Å². The van der Waals surface area contributed by atoms with Gasteiger partial charge in [0.25, 0.3) is 0 Å². The third-order valence-corrected chi connectivity index (χ3v) is 25.4. The van der Waals surface area contributed by atoms with Crippen LogP contribution in [0.4, 0.5) is 68.2 Å². The Bertz CT molecular complexity index is 6960. The number of carbonyl (C=O) groups is 6. The van der Waals surface area contributed by atoms with Crippen LogP contribution in [0.1, 0.15) is 133 Å². The van der Waals surface area contributed by atoms with Gasteiger partial charge >= 0.3 is 35.8 Å². The number of azo groups is 6. The van der Waals surface area contributed by atoms with Crippen molar-refractivity contribution in [2.75, 3.05) is 0 Å². The standard InChI is InChI=1S/C126H90N12O12/c1-124(91-46-70-112(71-47-91)145-118(139)85-34-58-106(59-35-85)133-127-100-22-10-4-11-23-100,92-48-72-113(73-49-92)146-119(140)86-36-60-107(61-37-86)134-128-101-24-12-5-13-25-101)97-82-98(125(2,93-50-74-114(75-51-93)147-120(141)87-38-62-108(63-39-87)135-129-102-26-14-6-15-27-102)94-52-76-115(77-53-94)148-121(142)88-40-64-109(65-41-88)136-130-103-28-16-7-17-29-103)84-99(83-97)126(3,95-54-78-116(79-55-95)149-122(143)89-42-66-110(67-43-89)137-131-104-30-18-8-19-31-104)96-56-80-117(81-57-96)150-123(144)90-44-68-111(69-45-90)138-132-105-32-20-9-21-33-105/h4-84H,1-3H3. The van der Waals surface area contributed by atoms with Gasteiger partial charge in [-0.1, -0.05) is 200 Å². The Morgan fingerprint density at radius 1 is 0.140 bits per heavy atom. The zero-order chi connectivity index (χ0) is 103. The van der Waals surface area contributed by atoms with Crippen LogP contribution >= 0.6 is 0 Å². The molecule has 24 heteroatoms. The van der Waals surface area contributed by atoms with E-state index in [2.05, 4.69) is 100 Å². The Morgan fingerprint density at radius 2 is 0.253 bits per heavy atom. The van der Waals surface area contributed by atoms with Gasteiger partial charge in [0.1, 0.15) is 34.5 Å². The molecule has 0 N–H and O–H groups in total. The number of nitrogens with zero attached hydrogens (tertiary/aromatic N) is 12. The Labute approximate surface area is 863 Å². The minimum atomic E-state index is -1.31. The van der Waals surface area contributed by atoms with Crippen LogP contribution in [0.3, 0.4) is 0 Å². The summed E-state index contributed by atoms with van der Waals surface area (Å²) in [6.45, 7) is 6.23. The molecule has 150 heavy (non-hydrogen) atoms. The summed E-state index contributed by atoms with van der Waals surface area (Å²) >= 11 is 0. The molecule has 0 bridgehead atoms. The number of benzene rings is 19. The highest BCUT2D eigenvalue weighted by atomic mass is 16.6. The lowest BCUT2D eigenvalue weighted by Gasteiger charge is -2.39. The molecule has 0 aliphatic heterocycles. The second-order valence-electron chi connectivity index (χ2n) is 35.2.